The van der Waals surface area contributed by atoms with E-state index in [0.717, 1.165) is 6.42 Å². The minimum Gasteiger partial charge on any atom is -0.494 e. The third-order valence-corrected chi connectivity index (χ3v) is 3.99. The topological polar surface area (TPSA) is 123 Å². The molecule has 1 aromatic carbocycles. The highest BCUT2D eigenvalue weighted by Crippen LogP contribution is 2.32. The van der Waals surface area contributed by atoms with E-state index in [1.165, 1.54) is 12.0 Å². The molecule has 0 saturated carbocycles. The van der Waals surface area contributed by atoms with Crippen molar-refractivity contribution in [3.63, 3.8) is 0 Å². The van der Waals surface area contributed by atoms with Gasteiger partial charge in [0, 0.05) is 44.4 Å². The number of amides is 4. The Kier molecular flexibility index (Phi) is 8.02. The van der Waals surface area contributed by atoms with Crippen LogP contribution in [-0.2, 0) is 14.3 Å². The first kappa shape index (κ1) is 20.7. The van der Waals surface area contributed by atoms with E-state index in [0.29, 0.717) is 49.7 Å². The summed E-state index contributed by atoms with van der Waals surface area (Å²) in [5.41, 5.74) is 6.48. The highest BCUT2D eigenvalue weighted by molar-refractivity contribution is 6.06. The van der Waals surface area contributed by atoms with E-state index in [9.17, 15) is 14.4 Å². The molecule has 9 nitrogen and oxygen atoms in total. The first-order chi connectivity index (χ1) is 13.0. The molecule has 0 aliphatic carbocycles. The number of urea groups is 1. The minimum absolute atomic E-state index is 0.131. The van der Waals surface area contributed by atoms with E-state index in [2.05, 4.69) is 10.6 Å². The fourth-order valence-corrected chi connectivity index (χ4v) is 2.62. The number of hydrogen-bond acceptors (Lipinski definition) is 6. The summed E-state index contributed by atoms with van der Waals surface area (Å²) in [6.07, 6.45) is 1.99. The molecule has 4 N–H and O–H groups in total. The highest BCUT2D eigenvalue weighted by Gasteiger charge is 2.26. The number of nitrogens with one attached hydrogen (secondary N) is 2. The second kappa shape index (κ2) is 10.5. The van der Waals surface area contributed by atoms with Crippen molar-refractivity contribution >= 4 is 29.2 Å². The van der Waals surface area contributed by atoms with Crippen molar-refractivity contribution in [2.24, 2.45) is 5.73 Å². The molecule has 1 aliphatic rings. The zero-order valence-corrected chi connectivity index (χ0v) is 15.5. The van der Waals surface area contributed by atoms with Gasteiger partial charge in [-0.25, -0.2) is 4.79 Å². The zero-order valence-electron chi connectivity index (χ0n) is 15.5. The summed E-state index contributed by atoms with van der Waals surface area (Å²) in [5.74, 6) is 0.00191. The lowest BCUT2D eigenvalue weighted by Gasteiger charge is -2.28. The molecule has 27 heavy (non-hydrogen) atoms. The van der Waals surface area contributed by atoms with E-state index in [1.54, 1.807) is 18.2 Å². The number of ether oxygens (including phenoxy) is 2. The van der Waals surface area contributed by atoms with Crippen LogP contribution >= 0.6 is 0 Å². The average molecular weight is 378 g/mol. The van der Waals surface area contributed by atoms with Gasteiger partial charge in [0.15, 0.2) is 0 Å². The van der Waals surface area contributed by atoms with Gasteiger partial charge < -0.3 is 20.5 Å². The number of imide groups is 1. The van der Waals surface area contributed by atoms with Gasteiger partial charge >= 0.3 is 6.03 Å². The monoisotopic (exact) mass is 378 g/mol. The number of methoxy groups -OCH3 is 1. The Balaban J connectivity index is 1.90. The minimum atomic E-state index is -0.490. The molecule has 148 valence electrons. The van der Waals surface area contributed by atoms with Crippen molar-refractivity contribution in [3.05, 3.63) is 18.2 Å². The maximum atomic E-state index is 12.0. The van der Waals surface area contributed by atoms with Gasteiger partial charge in [-0.2, -0.15) is 0 Å². The number of nitrogens with two attached hydrogens (primary N) is 1. The third-order valence-electron chi connectivity index (χ3n) is 3.99. The predicted molar refractivity (Wildman–Crippen MR) is 101 cm³/mol. The number of hydrogen-bond donors (Lipinski definition) is 3. The van der Waals surface area contributed by atoms with Gasteiger partial charge in [-0.05, 0) is 31.5 Å². The summed E-state index contributed by atoms with van der Waals surface area (Å²) in [5, 5.41) is 5.07. The fourth-order valence-electron chi connectivity index (χ4n) is 2.62. The van der Waals surface area contributed by atoms with E-state index in [1.807, 2.05) is 0 Å². The third kappa shape index (κ3) is 6.22. The maximum absolute atomic E-state index is 12.0. The van der Waals surface area contributed by atoms with Crippen LogP contribution in [-0.4, -0.2) is 51.3 Å². The van der Waals surface area contributed by atoms with E-state index in [4.69, 9.17) is 15.2 Å². The summed E-state index contributed by atoms with van der Waals surface area (Å²) in [4.78, 5) is 36.8. The summed E-state index contributed by atoms with van der Waals surface area (Å²) in [6.45, 7) is 1.98. The van der Waals surface area contributed by atoms with Crippen molar-refractivity contribution in [2.75, 3.05) is 43.6 Å². The summed E-state index contributed by atoms with van der Waals surface area (Å²) < 4.78 is 10.7. The molecule has 0 atom stereocenters. The molecule has 1 heterocycles. The number of carbonyl (C=O) groups is 3. The maximum Gasteiger partial charge on any atom is 0.328 e. The lowest BCUT2D eigenvalue weighted by Crippen LogP contribution is -2.49. The molecule has 1 saturated heterocycles. The summed E-state index contributed by atoms with van der Waals surface area (Å²) >= 11 is 0. The Hall–Kier alpha value is -2.65. The number of benzene rings is 1. The Morgan fingerprint density at radius 3 is 2.78 bits per heavy atom. The van der Waals surface area contributed by atoms with Crippen LogP contribution in [0.3, 0.4) is 0 Å². The summed E-state index contributed by atoms with van der Waals surface area (Å²) in [6, 6.07) is 4.53. The van der Waals surface area contributed by atoms with Crippen molar-refractivity contribution < 1.29 is 23.9 Å². The van der Waals surface area contributed by atoms with Gasteiger partial charge in [0.2, 0.25) is 11.8 Å². The second-order valence-electron chi connectivity index (χ2n) is 6.05. The Labute approximate surface area is 158 Å². The van der Waals surface area contributed by atoms with E-state index < -0.39 is 6.03 Å². The van der Waals surface area contributed by atoms with Gasteiger partial charge in [-0.15, -0.1) is 0 Å². The van der Waals surface area contributed by atoms with Crippen LogP contribution in [0.25, 0.3) is 0 Å². The SMILES string of the molecule is COc1cc(NC(=O)CCCOCCCN)ccc1N1CCC(=O)NC1=O. The van der Waals surface area contributed by atoms with E-state index >= 15 is 0 Å². The fraction of sp³-hybridized carbons (Fsp3) is 0.500. The zero-order chi connectivity index (χ0) is 19.6. The van der Waals surface area contributed by atoms with Crippen LogP contribution in [0.4, 0.5) is 16.2 Å². The van der Waals surface area contributed by atoms with E-state index in [-0.39, 0.29) is 24.8 Å². The molecular weight excluding hydrogens is 352 g/mol. The quantitative estimate of drug-likeness (QED) is 0.526. The van der Waals surface area contributed by atoms with Crippen LogP contribution in [0.1, 0.15) is 25.7 Å². The largest absolute Gasteiger partial charge is 0.494 e. The standard InChI is InChI=1S/C18H26N4O5/c1-26-15-12-13(20-16(23)4-2-10-27-11-3-8-19)5-6-14(15)22-9-7-17(24)21-18(22)25/h5-6,12H,2-4,7-11,19H2,1H3,(H,20,23)(H,21,24,25). The average Bonchev–Trinajstić information content (AvgIpc) is 2.65. The van der Waals surface area contributed by atoms with Gasteiger partial charge in [0.1, 0.15) is 5.75 Å². The van der Waals surface area contributed by atoms with Crippen molar-refractivity contribution in [3.8, 4) is 5.75 Å². The molecule has 1 aromatic rings. The molecule has 0 spiro atoms. The lowest BCUT2D eigenvalue weighted by molar-refractivity contribution is -0.120. The van der Waals surface area contributed by atoms with Crippen LogP contribution in [0.5, 0.6) is 5.75 Å². The van der Waals surface area contributed by atoms with Gasteiger partial charge in [-0.1, -0.05) is 0 Å². The highest BCUT2D eigenvalue weighted by atomic mass is 16.5. The molecule has 0 radical (unpaired) electrons. The van der Waals surface area contributed by atoms with Crippen LogP contribution in [0.2, 0.25) is 0 Å². The van der Waals surface area contributed by atoms with Crippen molar-refractivity contribution in [2.45, 2.75) is 25.7 Å². The molecule has 0 bridgehead atoms. The van der Waals surface area contributed by atoms with Crippen LogP contribution < -0.4 is 26.0 Å². The molecule has 1 fully saturated rings. The van der Waals surface area contributed by atoms with Gasteiger partial charge in [-0.3, -0.25) is 19.8 Å². The molecule has 0 aromatic heterocycles. The molecule has 9 heteroatoms. The smallest absolute Gasteiger partial charge is 0.328 e. The second-order valence-corrected chi connectivity index (χ2v) is 6.05. The van der Waals surface area contributed by atoms with Crippen LogP contribution in [0.15, 0.2) is 18.2 Å². The number of anilines is 2. The lowest BCUT2D eigenvalue weighted by atomic mass is 10.2. The molecular formula is C18H26N4O5. The van der Waals surface area contributed by atoms with Gasteiger partial charge in [0.05, 0.1) is 12.8 Å². The number of rotatable bonds is 10. The first-order valence-corrected chi connectivity index (χ1v) is 8.92. The normalized spacial score (nSPS) is 14.1. The summed E-state index contributed by atoms with van der Waals surface area (Å²) in [7, 11) is 1.48. The Bertz CT molecular complexity index is 680. The van der Waals surface area contributed by atoms with Crippen LogP contribution in [0, 0.1) is 0 Å². The van der Waals surface area contributed by atoms with Gasteiger partial charge in [0.25, 0.3) is 0 Å². The predicted octanol–water partition coefficient (Wildman–Crippen LogP) is 1.23. The van der Waals surface area contributed by atoms with Crippen molar-refractivity contribution in [1.29, 1.82) is 0 Å². The number of carbonyl (C=O) groups excluding carboxylic acids is 3. The first-order valence-electron chi connectivity index (χ1n) is 8.92. The number of nitrogens with zero attached hydrogens (tertiary/aromatic N) is 1. The molecule has 4 amide bonds. The molecule has 2 rings (SSSR count). The molecule has 0 unspecified atom stereocenters. The molecule has 1 aliphatic heterocycles. The Morgan fingerprint density at radius 2 is 2.07 bits per heavy atom. The van der Waals surface area contributed by atoms with Crippen molar-refractivity contribution in [1.82, 2.24) is 5.32 Å². The Morgan fingerprint density at radius 1 is 1.30 bits per heavy atom.